The average molecular weight is 184 g/mol. The summed E-state index contributed by atoms with van der Waals surface area (Å²) in [5.74, 6) is 0. The molecule has 1 aliphatic rings. The Bertz CT molecular complexity index is 139. The molecule has 0 aliphatic heterocycles. The molecule has 0 spiro atoms. The molecule has 0 aromatic heterocycles. The van der Waals surface area contributed by atoms with Crippen LogP contribution in [-0.4, -0.2) is 30.6 Å². The normalized spacial score (nSPS) is 22.2. The Hall–Kier alpha value is -0.0800. The van der Waals surface area contributed by atoms with E-state index in [1.54, 1.807) is 0 Å². The summed E-state index contributed by atoms with van der Waals surface area (Å²) in [6.07, 6.45) is 7.73. The molecular formula is C11H24N2. The second-order valence-electron chi connectivity index (χ2n) is 4.57. The van der Waals surface area contributed by atoms with Crippen LogP contribution in [0.4, 0.5) is 0 Å². The SMILES string of the molecule is CCN(C)CCC1(N)CCCCC1. The number of hydrogen-bond donors (Lipinski definition) is 1. The van der Waals surface area contributed by atoms with Crippen molar-refractivity contribution in [3.63, 3.8) is 0 Å². The van der Waals surface area contributed by atoms with Gasteiger partial charge >= 0.3 is 0 Å². The lowest BCUT2D eigenvalue weighted by Crippen LogP contribution is -2.44. The van der Waals surface area contributed by atoms with Crippen molar-refractivity contribution >= 4 is 0 Å². The topological polar surface area (TPSA) is 29.3 Å². The van der Waals surface area contributed by atoms with Crippen LogP contribution in [0.3, 0.4) is 0 Å². The largest absolute Gasteiger partial charge is 0.325 e. The predicted molar refractivity (Wildman–Crippen MR) is 57.8 cm³/mol. The lowest BCUT2D eigenvalue weighted by Gasteiger charge is -2.34. The van der Waals surface area contributed by atoms with E-state index in [4.69, 9.17) is 5.73 Å². The molecule has 1 aliphatic carbocycles. The third-order valence-electron chi connectivity index (χ3n) is 3.38. The lowest BCUT2D eigenvalue weighted by atomic mass is 9.80. The molecule has 2 N–H and O–H groups in total. The fraction of sp³-hybridized carbons (Fsp3) is 1.00. The first kappa shape index (κ1) is 11.0. The van der Waals surface area contributed by atoms with Crippen LogP contribution >= 0.6 is 0 Å². The molecule has 0 amide bonds. The highest BCUT2D eigenvalue weighted by atomic mass is 15.1. The van der Waals surface area contributed by atoms with E-state index in [-0.39, 0.29) is 5.54 Å². The van der Waals surface area contributed by atoms with Gasteiger partial charge in [0.2, 0.25) is 0 Å². The van der Waals surface area contributed by atoms with E-state index < -0.39 is 0 Å². The minimum absolute atomic E-state index is 0.168. The molecule has 78 valence electrons. The minimum atomic E-state index is 0.168. The molecule has 2 heteroatoms. The van der Waals surface area contributed by atoms with Gasteiger partial charge in [0, 0.05) is 5.54 Å². The van der Waals surface area contributed by atoms with Crippen molar-refractivity contribution < 1.29 is 0 Å². The molecule has 1 rings (SSSR count). The van der Waals surface area contributed by atoms with Crippen LogP contribution in [0, 0.1) is 0 Å². The van der Waals surface area contributed by atoms with Gasteiger partial charge in [0.15, 0.2) is 0 Å². The van der Waals surface area contributed by atoms with Crippen molar-refractivity contribution in [2.45, 2.75) is 51.0 Å². The van der Waals surface area contributed by atoms with E-state index in [0.717, 1.165) is 13.1 Å². The Morgan fingerprint density at radius 1 is 1.23 bits per heavy atom. The maximum atomic E-state index is 6.34. The van der Waals surface area contributed by atoms with Gasteiger partial charge in [-0.1, -0.05) is 26.2 Å². The number of nitrogens with two attached hydrogens (primary N) is 1. The Morgan fingerprint density at radius 2 is 1.85 bits per heavy atom. The van der Waals surface area contributed by atoms with Crippen molar-refractivity contribution in [2.75, 3.05) is 20.1 Å². The van der Waals surface area contributed by atoms with Crippen molar-refractivity contribution in [3.05, 3.63) is 0 Å². The molecule has 13 heavy (non-hydrogen) atoms. The maximum absolute atomic E-state index is 6.34. The first-order chi connectivity index (χ1) is 6.16. The van der Waals surface area contributed by atoms with Gasteiger partial charge in [-0.05, 0) is 39.4 Å². The quantitative estimate of drug-likeness (QED) is 0.724. The second-order valence-corrected chi connectivity index (χ2v) is 4.57. The first-order valence-electron chi connectivity index (χ1n) is 5.64. The van der Waals surface area contributed by atoms with Crippen LogP contribution in [0.5, 0.6) is 0 Å². The van der Waals surface area contributed by atoms with Crippen molar-refractivity contribution in [1.29, 1.82) is 0 Å². The number of nitrogens with zero attached hydrogens (tertiary/aromatic N) is 1. The van der Waals surface area contributed by atoms with E-state index in [1.807, 2.05) is 0 Å². The fourth-order valence-electron chi connectivity index (χ4n) is 2.08. The van der Waals surface area contributed by atoms with Gasteiger partial charge in [-0.3, -0.25) is 0 Å². The number of rotatable bonds is 4. The summed E-state index contributed by atoms with van der Waals surface area (Å²) in [6, 6.07) is 0. The van der Waals surface area contributed by atoms with Gasteiger partial charge in [-0.25, -0.2) is 0 Å². The maximum Gasteiger partial charge on any atom is 0.0166 e. The highest BCUT2D eigenvalue weighted by Crippen LogP contribution is 2.28. The smallest absolute Gasteiger partial charge is 0.0166 e. The zero-order valence-electron chi connectivity index (χ0n) is 9.18. The molecule has 0 unspecified atom stereocenters. The van der Waals surface area contributed by atoms with E-state index in [1.165, 1.54) is 38.5 Å². The molecule has 0 heterocycles. The van der Waals surface area contributed by atoms with E-state index >= 15 is 0 Å². The van der Waals surface area contributed by atoms with Crippen LogP contribution in [0.2, 0.25) is 0 Å². The van der Waals surface area contributed by atoms with Crippen LogP contribution in [-0.2, 0) is 0 Å². The monoisotopic (exact) mass is 184 g/mol. The second kappa shape index (κ2) is 4.97. The summed E-state index contributed by atoms with van der Waals surface area (Å²) in [7, 11) is 2.17. The van der Waals surface area contributed by atoms with Crippen molar-refractivity contribution in [1.82, 2.24) is 4.90 Å². The fourth-order valence-corrected chi connectivity index (χ4v) is 2.08. The Kier molecular flexibility index (Phi) is 4.20. The van der Waals surface area contributed by atoms with Crippen molar-refractivity contribution in [2.24, 2.45) is 5.73 Å². The van der Waals surface area contributed by atoms with Crippen LogP contribution in [0.15, 0.2) is 0 Å². The zero-order chi connectivity index (χ0) is 9.73. The highest BCUT2D eigenvalue weighted by Gasteiger charge is 2.26. The molecule has 0 aromatic carbocycles. The molecule has 1 saturated carbocycles. The predicted octanol–water partition coefficient (Wildman–Crippen LogP) is 1.99. The molecule has 2 nitrogen and oxygen atoms in total. The summed E-state index contributed by atoms with van der Waals surface area (Å²) in [5, 5.41) is 0. The van der Waals surface area contributed by atoms with Gasteiger partial charge in [0.05, 0.1) is 0 Å². The summed E-state index contributed by atoms with van der Waals surface area (Å²) in [4.78, 5) is 2.35. The van der Waals surface area contributed by atoms with Gasteiger partial charge in [0.1, 0.15) is 0 Å². The third kappa shape index (κ3) is 3.65. The van der Waals surface area contributed by atoms with E-state index in [9.17, 15) is 0 Å². The molecule has 0 atom stereocenters. The molecule has 0 radical (unpaired) electrons. The Morgan fingerprint density at radius 3 is 2.38 bits per heavy atom. The average Bonchev–Trinajstić information content (AvgIpc) is 2.15. The van der Waals surface area contributed by atoms with Gasteiger partial charge in [-0.2, -0.15) is 0 Å². The first-order valence-corrected chi connectivity index (χ1v) is 5.64. The highest BCUT2D eigenvalue weighted by molar-refractivity contribution is 4.87. The van der Waals surface area contributed by atoms with Gasteiger partial charge in [0.25, 0.3) is 0 Å². The van der Waals surface area contributed by atoms with Crippen molar-refractivity contribution in [3.8, 4) is 0 Å². The molecule has 0 bridgehead atoms. The van der Waals surface area contributed by atoms with E-state index in [2.05, 4.69) is 18.9 Å². The Balaban J connectivity index is 2.24. The molecular weight excluding hydrogens is 160 g/mol. The lowest BCUT2D eigenvalue weighted by molar-refractivity contribution is 0.234. The minimum Gasteiger partial charge on any atom is -0.325 e. The molecule has 0 aromatic rings. The third-order valence-corrected chi connectivity index (χ3v) is 3.38. The number of hydrogen-bond acceptors (Lipinski definition) is 2. The van der Waals surface area contributed by atoms with Crippen LogP contribution in [0.1, 0.15) is 45.4 Å². The van der Waals surface area contributed by atoms with E-state index in [0.29, 0.717) is 0 Å². The summed E-state index contributed by atoms with van der Waals surface area (Å²) in [5.41, 5.74) is 6.50. The summed E-state index contributed by atoms with van der Waals surface area (Å²) >= 11 is 0. The standard InChI is InChI=1S/C11H24N2/c1-3-13(2)10-9-11(12)7-5-4-6-8-11/h3-10,12H2,1-2H3. The summed E-state index contributed by atoms with van der Waals surface area (Å²) in [6.45, 7) is 4.49. The summed E-state index contributed by atoms with van der Waals surface area (Å²) < 4.78 is 0. The van der Waals surface area contributed by atoms with Crippen LogP contribution < -0.4 is 5.73 Å². The zero-order valence-corrected chi connectivity index (χ0v) is 9.18. The van der Waals surface area contributed by atoms with Gasteiger partial charge in [-0.15, -0.1) is 0 Å². The van der Waals surface area contributed by atoms with Crippen LogP contribution in [0.25, 0.3) is 0 Å². The molecule has 1 fully saturated rings. The molecule has 0 saturated heterocycles. The van der Waals surface area contributed by atoms with Gasteiger partial charge < -0.3 is 10.6 Å². The Labute approximate surface area is 82.5 Å².